The Kier molecular flexibility index (Phi) is 25.7. The summed E-state index contributed by atoms with van der Waals surface area (Å²) in [6.07, 6.45) is 18.2. The third-order valence-electron chi connectivity index (χ3n) is 21.1. The number of aryl methyl sites for hydroxylation is 3. The molecule has 0 unspecified atom stereocenters. The van der Waals surface area contributed by atoms with Crippen molar-refractivity contribution in [1.82, 2.24) is 29.4 Å². The van der Waals surface area contributed by atoms with Crippen molar-refractivity contribution < 1.29 is 23.2 Å². The van der Waals surface area contributed by atoms with Gasteiger partial charge in [-0.05, 0) is 267 Å². The van der Waals surface area contributed by atoms with Crippen LogP contribution >= 0.6 is 34.8 Å². The Labute approximate surface area is 562 Å². The van der Waals surface area contributed by atoms with Gasteiger partial charge >= 0.3 is 0 Å². The Morgan fingerprint density at radius 2 is 0.685 bits per heavy atom. The molecule has 92 heavy (non-hydrogen) atoms. The van der Waals surface area contributed by atoms with Gasteiger partial charge in [0.2, 0.25) is 17.7 Å². The summed E-state index contributed by atoms with van der Waals surface area (Å²) in [7, 11) is 0. The van der Waals surface area contributed by atoms with E-state index in [0.717, 1.165) is 181 Å². The maximum atomic E-state index is 13.7. The fourth-order valence-electron chi connectivity index (χ4n) is 15.3. The van der Waals surface area contributed by atoms with E-state index in [4.69, 9.17) is 34.8 Å². The van der Waals surface area contributed by atoms with Crippen molar-refractivity contribution in [3.63, 3.8) is 0 Å². The maximum Gasteiger partial charge on any atom is 0.227 e. The highest BCUT2D eigenvalue weighted by atomic mass is 35.5. The van der Waals surface area contributed by atoms with Crippen LogP contribution in [0, 0.1) is 50.2 Å². The van der Waals surface area contributed by atoms with Crippen molar-refractivity contribution >= 4 is 52.5 Å². The van der Waals surface area contributed by atoms with Crippen molar-refractivity contribution in [2.45, 2.75) is 154 Å². The fourth-order valence-corrected chi connectivity index (χ4v) is 16.0. The zero-order chi connectivity index (χ0) is 64.5. The Balaban J connectivity index is 0.000000151. The quantitative estimate of drug-likeness (QED) is 0.102. The molecule has 12 rings (SSSR count). The molecular formula is C78H97Cl3F2N6O3. The molecule has 0 spiro atoms. The number of nitrogens with zero attached hydrogens (tertiary/aromatic N) is 6. The van der Waals surface area contributed by atoms with Crippen LogP contribution in [0.1, 0.15) is 127 Å². The van der Waals surface area contributed by atoms with E-state index < -0.39 is 0 Å². The first kappa shape index (κ1) is 69.2. The van der Waals surface area contributed by atoms with E-state index in [1.54, 1.807) is 30.3 Å². The minimum atomic E-state index is -0.319. The van der Waals surface area contributed by atoms with Gasteiger partial charge in [0.05, 0.1) is 24.3 Å². The van der Waals surface area contributed by atoms with E-state index in [1.165, 1.54) is 53.5 Å². The van der Waals surface area contributed by atoms with E-state index >= 15 is 0 Å². The number of piperidine rings is 6. The molecule has 0 atom stereocenters. The van der Waals surface area contributed by atoms with Crippen LogP contribution < -0.4 is 0 Å². The topological polar surface area (TPSA) is 70.7 Å². The van der Waals surface area contributed by atoms with Gasteiger partial charge in [0.25, 0.3) is 0 Å². The van der Waals surface area contributed by atoms with Crippen LogP contribution in [0.5, 0.6) is 0 Å². The van der Waals surface area contributed by atoms with Gasteiger partial charge in [-0.1, -0.05) is 126 Å². The first-order valence-electron chi connectivity index (χ1n) is 34.4. The highest BCUT2D eigenvalue weighted by Gasteiger charge is 2.33. The van der Waals surface area contributed by atoms with Crippen molar-refractivity contribution in [2.24, 2.45) is 17.8 Å². The summed E-state index contributed by atoms with van der Waals surface area (Å²) in [5, 5.41) is 1.65. The molecule has 6 aromatic carbocycles. The molecule has 6 heterocycles. The van der Waals surface area contributed by atoms with Crippen LogP contribution in [0.2, 0.25) is 15.1 Å². The number of rotatable bonds is 15. The first-order valence-corrected chi connectivity index (χ1v) is 35.5. The van der Waals surface area contributed by atoms with Gasteiger partial charge in [-0.2, -0.15) is 0 Å². The molecule has 6 aliphatic heterocycles. The van der Waals surface area contributed by atoms with Crippen molar-refractivity contribution in [1.29, 1.82) is 0 Å². The van der Waals surface area contributed by atoms with Gasteiger partial charge in [-0.25, -0.2) is 8.78 Å². The van der Waals surface area contributed by atoms with Crippen molar-refractivity contribution in [2.75, 3.05) is 78.5 Å². The lowest BCUT2D eigenvalue weighted by Crippen LogP contribution is -2.49. The molecule has 0 bridgehead atoms. The normalized spacial score (nSPS) is 19.1. The van der Waals surface area contributed by atoms with Gasteiger partial charge in [0, 0.05) is 67.4 Å². The molecule has 0 radical (unpaired) electrons. The summed E-state index contributed by atoms with van der Waals surface area (Å²) in [6, 6.07) is 44.4. The predicted octanol–water partition coefficient (Wildman–Crippen LogP) is 15.7. The first-order chi connectivity index (χ1) is 44.5. The molecule has 3 amide bonds. The molecule has 14 heteroatoms. The molecule has 6 aliphatic rings. The summed E-state index contributed by atoms with van der Waals surface area (Å²) < 4.78 is 26.8. The highest BCUT2D eigenvalue weighted by Crippen LogP contribution is 2.32. The summed E-state index contributed by atoms with van der Waals surface area (Å²) >= 11 is 18.1. The number of benzene rings is 6. The summed E-state index contributed by atoms with van der Waals surface area (Å²) in [5.41, 5.74) is 10.6. The lowest BCUT2D eigenvalue weighted by molar-refractivity contribution is -0.133. The molecule has 6 aromatic rings. The fraction of sp³-hybridized carbons (Fsp3) is 0.500. The molecule has 0 aliphatic carbocycles. The average molecular weight is 1310 g/mol. The zero-order valence-electron chi connectivity index (χ0n) is 54.7. The van der Waals surface area contributed by atoms with Crippen LogP contribution in [0.3, 0.4) is 0 Å². The Hall–Kier alpha value is -5.66. The maximum absolute atomic E-state index is 13.7. The number of hydrogen-bond donors (Lipinski definition) is 0. The molecular weight excluding hydrogens is 1210 g/mol. The molecule has 0 saturated carbocycles. The smallest absolute Gasteiger partial charge is 0.227 e. The lowest BCUT2D eigenvalue weighted by atomic mass is 9.88. The molecule has 6 saturated heterocycles. The molecule has 9 nitrogen and oxygen atoms in total. The van der Waals surface area contributed by atoms with Gasteiger partial charge in [-0.15, -0.1) is 0 Å². The zero-order valence-corrected chi connectivity index (χ0v) is 56.9. The summed E-state index contributed by atoms with van der Waals surface area (Å²) in [6.45, 7) is 18.3. The highest BCUT2D eigenvalue weighted by molar-refractivity contribution is 6.34. The minimum Gasteiger partial charge on any atom is -0.342 e. The van der Waals surface area contributed by atoms with Crippen molar-refractivity contribution in [3.8, 4) is 0 Å². The summed E-state index contributed by atoms with van der Waals surface area (Å²) in [5.74, 6) is 2.31. The third kappa shape index (κ3) is 20.2. The number of hydrogen-bond acceptors (Lipinski definition) is 6. The van der Waals surface area contributed by atoms with Crippen LogP contribution in [-0.2, 0) is 52.9 Å². The monoisotopic (exact) mass is 1310 g/mol. The Bertz CT molecular complexity index is 3320. The van der Waals surface area contributed by atoms with Gasteiger partial charge < -0.3 is 29.4 Å². The van der Waals surface area contributed by atoms with E-state index in [2.05, 4.69) is 81.7 Å². The van der Waals surface area contributed by atoms with Gasteiger partial charge in [0.15, 0.2) is 0 Å². The van der Waals surface area contributed by atoms with E-state index in [-0.39, 0.29) is 34.4 Å². The molecule has 492 valence electrons. The number of halogens is 5. The van der Waals surface area contributed by atoms with Crippen LogP contribution in [0.4, 0.5) is 8.78 Å². The van der Waals surface area contributed by atoms with Gasteiger partial charge in [0.1, 0.15) is 11.6 Å². The van der Waals surface area contributed by atoms with Crippen LogP contribution in [-0.4, -0.2) is 144 Å². The standard InChI is InChI=1S/C26H32Cl2N2O.C26H32ClFN2O.C26H33FN2O/c1-19-4-2-3-5-22(19)17-26(31)30-12-8-25(9-13-30)29-10-6-20(7-11-29)14-21-15-23(27)18-24(28)16-21;1-19-4-2-3-5-22(19)18-26(31)30-14-10-23(11-15-30)29-12-8-20(9-13-29)16-21-6-7-24(27)25(28)17-21;1-20-4-2-3-5-23(20)19-26(30)29-16-12-25(13-17-29)28-14-10-22(11-15-28)18-21-6-8-24(27)9-7-21/h2-5,15-16,18,20,25H,6-14,17H2,1H3;2-7,17,20,23H,8-16,18H2,1H3;2-9,22,25H,10-19H2,1H3. The number of carbonyl (C=O) groups is 3. The SMILES string of the molecule is Cc1ccccc1CC(=O)N1CCC(N2CCC(Cc3cc(Cl)cc(Cl)c3)CC2)CC1.Cc1ccccc1CC(=O)N1CCC(N2CCC(Cc3ccc(Cl)c(F)c3)CC2)CC1.Cc1ccccc1CC(=O)N1CCC(N2CCC(Cc3ccc(F)cc3)CC2)CC1. The Morgan fingerprint density at radius 1 is 0.370 bits per heavy atom. The second-order valence-electron chi connectivity index (χ2n) is 27.3. The third-order valence-corrected chi connectivity index (χ3v) is 21.9. The van der Waals surface area contributed by atoms with E-state index in [0.29, 0.717) is 55.1 Å². The lowest BCUT2D eigenvalue weighted by Gasteiger charge is -2.42. The van der Waals surface area contributed by atoms with Crippen LogP contribution in [0.25, 0.3) is 0 Å². The molecule has 0 N–H and O–H groups in total. The van der Waals surface area contributed by atoms with E-state index in [9.17, 15) is 23.2 Å². The predicted molar refractivity (Wildman–Crippen MR) is 372 cm³/mol. The summed E-state index contributed by atoms with van der Waals surface area (Å²) in [4.78, 5) is 52.3. The largest absolute Gasteiger partial charge is 0.342 e. The second kappa shape index (κ2) is 34.1. The minimum absolute atomic E-state index is 0.155. The van der Waals surface area contributed by atoms with E-state index in [1.807, 2.05) is 71.6 Å². The number of amides is 3. The van der Waals surface area contributed by atoms with Crippen LogP contribution in [0.15, 0.2) is 133 Å². The van der Waals surface area contributed by atoms with Gasteiger partial charge in [-0.3, -0.25) is 14.4 Å². The number of likely N-dealkylation sites (tertiary alicyclic amines) is 6. The average Bonchev–Trinajstić information content (AvgIpc) is 1.27. The Morgan fingerprint density at radius 3 is 1.02 bits per heavy atom. The molecule has 6 fully saturated rings. The van der Waals surface area contributed by atoms with Crippen molar-refractivity contribution in [3.05, 3.63) is 210 Å². The second-order valence-corrected chi connectivity index (χ2v) is 28.6. The molecule has 0 aromatic heterocycles. The number of carbonyl (C=O) groups excluding carboxylic acids is 3.